The maximum Gasteiger partial charge on any atom is 0.249 e. The van der Waals surface area contributed by atoms with Crippen molar-refractivity contribution in [3.63, 3.8) is 0 Å². The van der Waals surface area contributed by atoms with Crippen molar-refractivity contribution in [2.45, 2.75) is 25.5 Å². The van der Waals surface area contributed by atoms with Gasteiger partial charge >= 0.3 is 0 Å². The molecule has 1 unspecified atom stereocenters. The van der Waals surface area contributed by atoms with Crippen molar-refractivity contribution in [2.75, 3.05) is 37.8 Å². The van der Waals surface area contributed by atoms with Gasteiger partial charge in [-0.1, -0.05) is 0 Å². The van der Waals surface area contributed by atoms with E-state index in [0.29, 0.717) is 32.3 Å². The first-order valence-corrected chi connectivity index (χ1v) is 7.37. The summed E-state index contributed by atoms with van der Waals surface area (Å²) in [5.41, 5.74) is 0.804. The van der Waals surface area contributed by atoms with E-state index in [4.69, 9.17) is 9.47 Å². The number of anilines is 1. The van der Waals surface area contributed by atoms with Gasteiger partial charge in [-0.25, -0.2) is 9.97 Å². The van der Waals surface area contributed by atoms with E-state index in [-0.39, 0.29) is 12.0 Å². The molecule has 7 nitrogen and oxygen atoms in total. The molecule has 2 aliphatic rings. The zero-order valence-electron chi connectivity index (χ0n) is 12.0. The number of ether oxygens (including phenoxy) is 2. The number of amides is 1. The summed E-state index contributed by atoms with van der Waals surface area (Å²) in [6, 6.07) is 1.82. The molecular formula is C14H20N4O3. The summed E-state index contributed by atoms with van der Waals surface area (Å²) in [5.74, 6) is 0.640. The van der Waals surface area contributed by atoms with Gasteiger partial charge in [0.15, 0.2) is 0 Å². The Morgan fingerprint density at radius 3 is 3.00 bits per heavy atom. The second-order valence-corrected chi connectivity index (χ2v) is 5.17. The summed E-state index contributed by atoms with van der Waals surface area (Å²) < 4.78 is 10.7. The van der Waals surface area contributed by atoms with Gasteiger partial charge in [0.1, 0.15) is 6.10 Å². The largest absolute Gasteiger partial charge is 0.378 e. The van der Waals surface area contributed by atoms with Crippen molar-refractivity contribution in [2.24, 2.45) is 0 Å². The lowest BCUT2D eigenvalue weighted by atomic mass is 10.2. The lowest BCUT2D eigenvalue weighted by Crippen LogP contribution is -2.37. The van der Waals surface area contributed by atoms with E-state index in [1.165, 1.54) is 0 Å². The molecule has 7 heteroatoms. The summed E-state index contributed by atoms with van der Waals surface area (Å²) in [6.07, 6.45) is 3.18. The minimum atomic E-state index is -0.300. The number of carbonyl (C=O) groups is 1. The van der Waals surface area contributed by atoms with Crippen LogP contribution in [0.1, 0.15) is 18.5 Å². The van der Waals surface area contributed by atoms with Crippen LogP contribution in [-0.4, -0.2) is 54.9 Å². The van der Waals surface area contributed by atoms with Gasteiger partial charge in [0.05, 0.1) is 25.5 Å². The lowest BCUT2D eigenvalue weighted by Gasteiger charge is -2.26. The Kier molecular flexibility index (Phi) is 4.62. The summed E-state index contributed by atoms with van der Waals surface area (Å²) in [4.78, 5) is 22.8. The van der Waals surface area contributed by atoms with Gasteiger partial charge in [0.2, 0.25) is 11.9 Å². The molecular weight excluding hydrogens is 272 g/mol. The molecule has 2 aliphatic heterocycles. The van der Waals surface area contributed by atoms with Crippen LogP contribution in [0.15, 0.2) is 12.3 Å². The number of nitrogens with one attached hydrogen (secondary N) is 1. The third-order valence-corrected chi connectivity index (χ3v) is 3.66. The SMILES string of the molecule is O=C(NCc1ccnc(N2CCOCC2)n1)C1CCCO1. The molecule has 0 aromatic carbocycles. The van der Waals surface area contributed by atoms with Crippen LogP contribution < -0.4 is 10.2 Å². The highest BCUT2D eigenvalue weighted by Crippen LogP contribution is 2.12. The molecule has 114 valence electrons. The minimum absolute atomic E-state index is 0.0564. The molecule has 0 saturated carbocycles. The van der Waals surface area contributed by atoms with Crippen LogP contribution in [-0.2, 0) is 20.8 Å². The Labute approximate surface area is 123 Å². The highest BCUT2D eigenvalue weighted by molar-refractivity contribution is 5.80. The quantitative estimate of drug-likeness (QED) is 0.849. The molecule has 1 atom stereocenters. The van der Waals surface area contributed by atoms with Crippen LogP contribution in [0.3, 0.4) is 0 Å². The highest BCUT2D eigenvalue weighted by atomic mass is 16.5. The second-order valence-electron chi connectivity index (χ2n) is 5.17. The standard InChI is InChI=1S/C14H20N4O3/c19-13(12-2-1-7-21-12)16-10-11-3-4-15-14(17-11)18-5-8-20-9-6-18/h3-4,12H,1-2,5-10H2,(H,16,19). The fourth-order valence-electron chi connectivity index (χ4n) is 2.47. The van der Waals surface area contributed by atoms with Crippen molar-refractivity contribution in [3.05, 3.63) is 18.0 Å². The van der Waals surface area contributed by atoms with Crippen LogP contribution >= 0.6 is 0 Å². The molecule has 2 saturated heterocycles. The van der Waals surface area contributed by atoms with Crippen LogP contribution in [0.4, 0.5) is 5.95 Å². The lowest BCUT2D eigenvalue weighted by molar-refractivity contribution is -0.130. The van der Waals surface area contributed by atoms with Gasteiger partial charge in [-0.2, -0.15) is 0 Å². The Balaban J connectivity index is 1.56. The topological polar surface area (TPSA) is 76.6 Å². The summed E-state index contributed by atoms with van der Waals surface area (Å²) >= 11 is 0. The summed E-state index contributed by atoms with van der Waals surface area (Å²) in [5, 5.41) is 2.87. The molecule has 3 rings (SSSR count). The van der Waals surface area contributed by atoms with Gasteiger partial charge in [-0.05, 0) is 18.9 Å². The first kappa shape index (κ1) is 14.2. The third kappa shape index (κ3) is 3.68. The maximum absolute atomic E-state index is 11.9. The van der Waals surface area contributed by atoms with E-state index in [0.717, 1.165) is 31.6 Å². The number of aromatic nitrogens is 2. The van der Waals surface area contributed by atoms with Crippen molar-refractivity contribution < 1.29 is 14.3 Å². The number of nitrogens with zero attached hydrogens (tertiary/aromatic N) is 3. The molecule has 2 fully saturated rings. The third-order valence-electron chi connectivity index (χ3n) is 3.66. The van der Waals surface area contributed by atoms with Crippen molar-refractivity contribution in [3.8, 4) is 0 Å². The average molecular weight is 292 g/mol. The smallest absolute Gasteiger partial charge is 0.249 e. The van der Waals surface area contributed by atoms with Crippen LogP contribution in [0.25, 0.3) is 0 Å². The van der Waals surface area contributed by atoms with Gasteiger partial charge in [0.25, 0.3) is 0 Å². The molecule has 3 heterocycles. The number of carbonyl (C=O) groups excluding carboxylic acids is 1. The Morgan fingerprint density at radius 2 is 2.24 bits per heavy atom. The zero-order chi connectivity index (χ0) is 14.5. The molecule has 1 amide bonds. The number of morpholine rings is 1. The molecule has 0 bridgehead atoms. The van der Waals surface area contributed by atoms with Crippen LogP contribution in [0.5, 0.6) is 0 Å². The van der Waals surface area contributed by atoms with Gasteiger partial charge in [0, 0.05) is 25.9 Å². The van der Waals surface area contributed by atoms with Crippen LogP contribution in [0, 0.1) is 0 Å². The summed E-state index contributed by atoms with van der Waals surface area (Å²) in [7, 11) is 0. The number of hydrogen-bond acceptors (Lipinski definition) is 6. The molecule has 1 N–H and O–H groups in total. The molecule has 21 heavy (non-hydrogen) atoms. The molecule has 1 aromatic heterocycles. The highest BCUT2D eigenvalue weighted by Gasteiger charge is 2.23. The predicted octanol–water partition coefficient (Wildman–Crippen LogP) is 0.108. The van der Waals surface area contributed by atoms with E-state index in [2.05, 4.69) is 20.2 Å². The molecule has 1 aromatic rings. The Hall–Kier alpha value is -1.73. The maximum atomic E-state index is 11.9. The van der Waals surface area contributed by atoms with E-state index in [9.17, 15) is 4.79 Å². The van der Waals surface area contributed by atoms with E-state index >= 15 is 0 Å². The fourth-order valence-corrected chi connectivity index (χ4v) is 2.47. The van der Waals surface area contributed by atoms with E-state index in [1.54, 1.807) is 6.20 Å². The normalized spacial score (nSPS) is 22.3. The van der Waals surface area contributed by atoms with Gasteiger partial charge in [-0.15, -0.1) is 0 Å². The predicted molar refractivity (Wildman–Crippen MR) is 75.9 cm³/mol. The second kappa shape index (κ2) is 6.82. The van der Waals surface area contributed by atoms with Crippen LogP contribution in [0.2, 0.25) is 0 Å². The van der Waals surface area contributed by atoms with Crippen molar-refractivity contribution in [1.29, 1.82) is 0 Å². The van der Waals surface area contributed by atoms with Gasteiger partial charge < -0.3 is 19.7 Å². The van der Waals surface area contributed by atoms with Gasteiger partial charge in [-0.3, -0.25) is 4.79 Å². The number of hydrogen-bond donors (Lipinski definition) is 1. The van der Waals surface area contributed by atoms with E-state index < -0.39 is 0 Å². The fraction of sp³-hybridized carbons (Fsp3) is 0.643. The number of rotatable bonds is 4. The monoisotopic (exact) mass is 292 g/mol. The Morgan fingerprint density at radius 1 is 1.38 bits per heavy atom. The average Bonchev–Trinajstić information content (AvgIpc) is 3.08. The first-order valence-electron chi connectivity index (χ1n) is 7.37. The molecule has 0 radical (unpaired) electrons. The van der Waals surface area contributed by atoms with E-state index in [1.807, 2.05) is 6.07 Å². The van der Waals surface area contributed by atoms with Crippen molar-refractivity contribution >= 4 is 11.9 Å². The Bertz CT molecular complexity index is 485. The van der Waals surface area contributed by atoms with Crippen molar-refractivity contribution in [1.82, 2.24) is 15.3 Å². The zero-order valence-corrected chi connectivity index (χ0v) is 12.0. The first-order chi connectivity index (χ1) is 10.3. The molecule has 0 aliphatic carbocycles. The summed E-state index contributed by atoms with van der Waals surface area (Å²) in [6.45, 7) is 4.06. The minimum Gasteiger partial charge on any atom is -0.378 e. The molecule has 0 spiro atoms.